The fraction of sp³-hybridized carbons (Fsp3) is 0.310. The summed E-state index contributed by atoms with van der Waals surface area (Å²) < 4.78 is 29.4. The van der Waals surface area contributed by atoms with Crippen molar-refractivity contribution >= 4 is 26.1 Å². The first-order valence-electron chi connectivity index (χ1n) is 12.2. The molecule has 6 nitrogen and oxygen atoms in total. The van der Waals surface area contributed by atoms with E-state index in [4.69, 9.17) is 9.47 Å². The number of hydrogen-bond donors (Lipinski definition) is 1. The quantitative estimate of drug-likeness (QED) is 0.213. The molecule has 2 amide bonds. The van der Waals surface area contributed by atoms with Crippen LogP contribution < -0.4 is 5.32 Å². The van der Waals surface area contributed by atoms with Crippen molar-refractivity contribution in [2.75, 3.05) is 0 Å². The van der Waals surface area contributed by atoms with Crippen LogP contribution in [0.3, 0.4) is 0 Å². The van der Waals surface area contributed by atoms with Crippen molar-refractivity contribution in [3.05, 3.63) is 107 Å². The van der Waals surface area contributed by atoms with Gasteiger partial charge in [-0.15, -0.1) is 0 Å². The van der Waals surface area contributed by atoms with Crippen LogP contribution in [0.2, 0.25) is 0 Å². The van der Waals surface area contributed by atoms with Crippen molar-refractivity contribution < 1.29 is 18.7 Å². The van der Waals surface area contributed by atoms with Gasteiger partial charge in [0, 0.05) is 0 Å². The first-order chi connectivity index (χ1) is 17.8. The van der Waals surface area contributed by atoms with E-state index < -0.39 is 31.7 Å². The number of ether oxygens (including phenoxy) is 2. The molecule has 0 spiro atoms. The molecule has 2 aliphatic heterocycles. The van der Waals surface area contributed by atoms with Gasteiger partial charge in [-0.05, 0) is 0 Å². The van der Waals surface area contributed by atoms with E-state index in [2.05, 4.69) is 17.4 Å². The second-order valence-electron chi connectivity index (χ2n) is 9.63. The summed E-state index contributed by atoms with van der Waals surface area (Å²) in [6.45, 7) is 4.11. The Labute approximate surface area is 224 Å². The molecule has 3 atom stereocenters. The molecule has 2 heterocycles. The number of benzene rings is 3. The van der Waals surface area contributed by atoms with Crippen LogP contribution in [-0.4, -0.2) is 31.2 Å². The Balaban J connectivity index is 1.54. The van der Waals surface area contributed by atoms with Crippen molar-refractivity contribution in [2.45, 2.75) is 53.3 Å². The summed E-state index contributed by atoms with van der Waals surface area (Å²) in [6.07, 6.45) is 0.312. The zero-order chi connectivity index (χ0) is 26.0. The molecule has 0 aliphatic carbocycles. The molecule has 3 aromatic rings. The van der Waals surface area contributed by atoms with Gasteiger partial charge < -0.3 is 0 Å². The minimum absolute atomic E-state index is 0.0300. The van der Waals surface area contributed by atoms with E-state index in [1.165, 1.54) is 12.1 Å². The maximum absolute atomic E-state index is 14.0. The van der Waals surface area contributed by atoms with Crippen molar-refractivity contribution in [2.24, 2.45) is 0 Å². The van der Waals surface area contributed by atoms with E-state index in [0.717, 1.165) is 11.1 Å². The van der Waals surface area contributed by atoms with Crippen LogP contribution in [0, 0.1) is 17.1 Å². The zero-order valence-corrected chi connectivity index (χ0v) is 22.9. The third kappa shape index (κ3) is 5.79. The number of nitrogens with one attached hydrogen (secondary N) is 1. The third-order valence-corrected chi connectivity index (χ3v) is 12.7. The molecule has 2 aliphatic rings. The van der Waals surface area contributed by atoms with Crippen LogP contribution in [-0.2, 0) is 26.9 Å². The van der Waals surface area contributed by atoms with Crippen LogP contribution in [0.25, 0.3) is 0 Å². The molecule has 2 saturated heterocycles. The zero-order valence-electron chi connectivity index (χ0n) is 20.7. The van der Waals surface area contributed by atoms with Crippen LogP contribution >= 0.6 is 20.1 Å². The van der Waals surface area contributed by atoms with Gasteiger partial charge in [-0.2, -0.15) is 0 Å². The van der Waals surface area contributed by atoms with Gasteiger partial charge in [0.05, 0.1) is 0 Å². The molecule has 0 aromatic heterocycles. The van der Waals surface area contributed by atoms with Gasteiger partial charge in [-0.3, -0.25) is 0 Å². The van der Waals surface area contributed by atoms with Gasteiger partial charge >= 0.3 is 225 Å². The minimum atomic E-state index is -2.46. The number of carbonyl (C=O) groups is 1. The average molecular weight is 613 g/mol. The molecule has 1 unspecified atom stereocenters. The molecular weight excluding hydrogens is 584 g/mol. The third-order valence-electron chi connectivity index (χ3n) is 6.42. The monoisotopic (exact) mass is 613 g/mol. The fourth-order valence-corrected chi connectivity index (χ4v) is 11.5. The predicted molar refractivity (Wildman–Crippen MR) is 147 cm³/mol. The first-order valence-corrected chi connectivity index (χ1v) is 15.9. The Kier molecular flexibility index (Phi) is 7.47. The van der Waals surface area contributed by atoms with Gasteiger partial charge in [-0.1, -0.05) is 0 Å². The summed E-state index contributed by atoms with van der Waals surface area (Å²) in [6, 6.07) is 26.1. The molecule has 8 heteroatoms. The molecule has 2 fully saturated rings. The molecule has 37 heavy (non-hydrogen) atoms. The van der Waals surface area contributed by atoms with Crippen LogP contribution in [0.15, 0.2) is 78.9 Å². The summed E-state index contributed by atoms with van der Waals surface area (Å²) in [7, 11) is 0. The van der Waals surface area contributed by atoms with Gasteiger partial charge in [0.25, 0.3) is 0 Å². The number of carbonyl (C=O) groups excluding carboxylic acids is 1. The van der Waals surface area contributed by atoms with Crippen LogP contribution in [0.1, 0.15) is 36.1 Å². The van der Waals surface area contributed by atoms with Crippen molar-refractivity contribution in [3.63, 3.8) is 0 Å². The Bertz CT molecular complexity index is 1300. The number of nitriles is 1. The standard InChI is InChI=1S/C29H29FIN3O3/c1-29(2)36-26-25(16-20-9-5-3-6-10-20)33-28(35)34(19-22-13-14-24(30)23(15-22)18-32)31(27(26)37-29)17-21-11-7-4-8-12-21/h3-15,25-27H,16-17,19H2,1-2H3,(H,33,35)/t25?,26-,27+/m0/s1. The van der Waals surface area contributed by atoms with Crippen molar-refractivity contribution in [3.8, 4) is 6.07 Å². The van der Waals surface area contributed by atoms with Gasteiger partial charge in [0.1, 0.15) is 0 Å². The molecule has 0 radical (unpaired) electrons. The number of halogens is 2. The van der Waals surface area contributed by atoms with E-state index in [-0.39, 0.29) is 34.4 Å². The van der Waals surface area contributed by atoms with E-state index >= 15 is 0 Å². The first kappa shape index (κ1) is 25.6. The van der Waals surface area contributed by atoms with E-state index in [1.54, 1.807) is 6.07 Å². The topological polar surface area (TPSA) is 74.6 Å². The van der Waals surface area contributed by atoms with Gasteiger partial charge in [0.15, 0.2) is 0 Å². The molecule has 0 saturated carbocycles. The Morgan fingerprint density at radius 1 is 1.00 bits per heavy atom. The van der Waals surface area contributed by atoms with E-state index in [1.807, 2.05) is 71.6 Å². The van der Waals surface area contributed by atoms with Crippen molar-refractivity contribution in [1.82, 2.24) is 8.43 Å². The number of fused-ring (bicyclic) bond motifs is 1. The number of amides is 2. The summed E-state index contributed by atoms with van der Waals surface area (Å²) >= 11 is -2.46. The predicted octanol–water partition coefficient (Wildman–Crippen LogP) is 5.93. The number of hydrogen-bond acceptors (Lipinski definition) is 4. The van der Waals surface area contributed by atoms with Crippen molar-refractivity contribution in [1.29, 1.82) is 5.26 Å². The molecular formula is C29H29FIN3O3. The van der Waals surface area contributed by atoms with Gasteiger partial charge in [0.2, 0.25) is 0 Å². The number of urea groups is 1. The van der Waals surface area contributed by atoms with Gasteiger partial charge in [-0.25, -0.2) is 0 Å². The number of alkyl halides is 2. The molecule has 5 rings (SSSR count). The SMILES string of the molecule is CC1(C)O[C@@H]2[C@@H](O1)C(Cc1ccccc1)NC(=O)N(Cc1ccc(F)c(C#N)c1)I2Cc1ccccc1. The normalized spacial score (nSPS) is 23.6. The van der Waals surface area contributed by atoms with E-state index in [9.17, 15) is 14.4 Å². The summed E-state index contributed by atoms with van der Waals surface area (Å²) in [5.41, 5.74) is 2.92. The summed E-state index contributed by atoms with van der Waals surface area (Å²) in [4.78, 5) is 13.8. The number of rotatable bonds is 6. The average Bonchev–Trinajstić information content (AvgIpc) is 3.19. The van der Waals surface area contributed by atoms with E-state index in [0.29, 0.717) is 16.4 Å². The summed E-state index contributed by atoms with van der Waals surface area (Å²) in [5.74, 6) is -1.35. The molecule has 0 bridgehead atoms. The second-order valence-corrected chi connectivity index (χ2v) is 14.9. The Morgan fingerprint density at radius 2 is 1.68 bits per heavy atom. The Hall–Kier alpha value is -3.00. The summed E-state index contributed by atoms with van der Waals surface area (Å²) in [5, 5.41) is 12.6. The maximum atomic E-state index is 14.0. The molecule has 1 N–H and O–H groups in total. The molecule has 192 valence electrons. The Morgan fingerprint density at radius 3 is 2.35 bits per heavy atom. The fourth-order valence-electron chi connectivity index (χ4n) is 4.71. The second kappa shape index (κ2) is 10.8. The van der Waals surface area contributed by atoms with Crippen LogP contribution in [0.5, 0.6) is 0 Å². The number of nitrogens with zero attached hydrogens (tertiary/aromatic N) is 2. The van der Waals surface area contributed by atoms with Crippen LogP contribution in [0.4, 0.5) is 9.18 Å². The molecule has 3 aromatic carbocycles.